The maximum Gasteiger partial charge on any atom is 0.263 e. The van der Waals surface area contributed by atoms with Crippen molar-refractivity contribution < 1.29 is 14.3 Å². The first-order valence-corrected chi connectivity index (χ1v) is 10.6. The van der Waals surface area contributed by atoms with Crippen LogP contribution >= 0.6 is 22.7 Å². The third kappa shape index (κ3) is 3.39. The lowest BCUT2D eigenvalue weighted by Crippen LogP contribution is -2.27. The van der Waals surface area contributed by atoms with Gasteiger partial charge in [0.2, 0.25) is 5.91 Å². The van der Waals surface area contributed by atoms with Crippen LogP contribution in [-0.4, -0.2) is 28.7 Å². The average molecular weight is 425 g/mol. The number of ether oxygens (including phenoxy) is 2. The summed E-state index contributed by atoms with van der Waals surface area (Å²) in [5.41, 5.74) is 1.22. The fraction of sp³-hybridized carbons (Fsp3) is 0.150. The number of carbonyl (C=O) groups is 1. The van der Waals surface area contributed by atoms with Gasteiger partial charge in [0, 0.05) is 27.6 Å². The van der Waals surface area contributed by atoms with E-state index < -0.39 is 0 Å². The number of hydrogen-bond acceptors (Lipinski definition) is 7. The third-order valence-electron chi connectivity index (χ3n) is 4.49. The second-order valence-electron chi connectivity index (χ2n) is 6.39. The van der Waals surface area contributed by atoms with Crippen LogP contribution in [0.1, 0.15) is 0 Å². The zero-order valence-electron chi connectivity index (χ0n) is 15.1. The second-order valence-corrected chi connectivity index (χ2v) is 8.20. The molecule has 0 saturated carbocycles. The fourth-order valence-corrected chi connectivity index (χ4v) is 4.89. The van der Waals surface area contributed by atoms with E-state index in [1.165, 1.54) is 22.2 Å². The Bertz CT molecular complexity index is 1260. The van der Waals surface area contributed by atoms with Gasteiger partial charge in [-0.15, -0.1) is 22.7 Å². The molecule has 7 nitrogen and oxygen atoms in total. The molecule has 5 rings (SSSR count). The number of hydrogen-bond donors (Lipinski definition) is 1. The number of thiophene rings is 2. The van der Waals surface area contributed by atoms with Crippen molar-refractivity contribution in [3.8, 4) is 21.9 Å². The highest BCUT2D eigenvalue weighted by Crippen LogP contribution is 2.34. The quantitative estimate of drug-likeness (QED) is 0.540. The van der Waals surface area contributed by atoms with Gasteiger partial charge in [-0.05, 0) is 23.6 Å². The van der Waals surface area contributed by atoms with Gasteiger partial charge in [-0.3, -0.25) is 14.2 Å². The predicted molar refractivity (Wildman–Crippen MR) is 113 cm³/mol. The highest BCUT2D eigenvalue weighted by atomic mass is 32.1. The summed E-state index contributed by atoms with van der Waals surface area (Å²) in [7, 11) is 0. The summed E-state index contributed by atoms with van der Waals surface area (Å²) < 4.78 is 12.3. The van der Waals surface area contributed by atoms with E-state index in [0.717, 1.165) is 10.4 Å². The average Bonchev–Trinajstić information content (AvgIpc) is 3.40. The Labute approximate surface area is 173 Å². The van der Waals surface area contributed by atoms with Gasteiger partial charge in [0.05, 0.1) is 11.7 Å². The summed E-state index contributed by atoms with van der Waals surface area (Å²) in [6.45, 7) is 0.849. The van der Waals surface area contributed by atoms with Crippen LogP contribution in [-0.2, 0) is 11.3 Å². The standard InChI is InChI=1S/C20H15N3O4S2/c24-17(22-12-3-4-14-15(8-12)27-6-5-26-14)9-23-11-21-19-18(20(23)25)13(10-29-19)16-2-1-7-28-16/h1-4,7-8,10-11H,5-6,9H2,(H,22,24). The van der Waals surface area contributed by atoms with E-state index in [9.17, 15) is 9.59 Å². The molecule has 1 N–H and O–H groups in total. The van der Waals surface area contributed by atoms with E-state index in [0.29, 0.717) is 40.6 Å². The molecule has 9 heteroatoms. The Morgan fingerprint density at radius 3 is 2.86 bits per heavy atom. The van der Waals surface area contributed by atoms with E-state index in [2.05, 4.69) is 10.3 Å². The number of fused-ring (bicyclic) bond motifs is 2. The van der Waals surface area contributed by atoms with Crippen molar-refractivity contribution in [2.75, 3.05) is 18.5 Å². The van der Waals surface area contributed by atoms with Gasteiger partial charge in [-0.1, -0.05) is 6.07 Å². The maximum absolute atomic E-state index is 13.0. The molecule has 1 aliphatic rings. The third-order valence-corrected chi connectivity index (χ3v) is 6.28. The molecule has 4 aromatic rings. The van der Waals surface area contributed by atoms with E-state index in [-0.39, 0.29) is 18.0 Å². The summed E-state index contributed by atoms with van der Waals surface area (Å²) in [6, 6.07) is 9.12. The molecular formula is C20H15N3O4S2. The van der Waals surface area contributed by atoms with Gasteiger partial charge in [0.15, 0.2) is 11.5 Å². The molecule has 0 unspecified atom stereocenters. The van der Waals surface area contributed by atoms with Crippen molar-refractivity contribution in [2.24, 2.45) is 0 Å². The highest BCUT2D eigenvalue weighted by molar-refractivity contribution is 7.18. The predicted octanol–water partition coefficient (Wildman–Crippen LogP) is 3.60. The number of amides is 1. The first-order chi connectivity index (χ1) is 14.2. The lowest BCUT2D eigenvalue weighted by Gasteiger charge is -2.19. The largest absolute Gasteiger partial charge is 0.486 e. The number of nitrogens with zero attached hydrogens (tertiary/aromatic N) is 2. The minimum Gasteiger partial charge on any atom is -0.486 e. The van der Waals surface area contributed by atoms with Gasteiger partial charge in [0.1, 0.15) is 24.6 Å². The zero-order valence-corrected chi connectivity index (χ0v) is 16.7. The number of carbonyl (C=O) groups excluding carboxylic acids is 1. The molecule has 0 saturated heterocycles. The molecule has 4 heterocycles. The summed E-state index contributed by atoms with van der Waals surface area (Å²) in [5, 5.41) is 7.24. The second kappa shape index (κ2) is 7.34. The van der Waals surface area contributed by atoms with Crippen molar-refractivity contribution in [2.45, 2.75) is 6.54 Å². The molecule has 29 heavy (non-hydrogen) atoms. The van der Waals surface area contributed by atoms with Crippen LogP contribution in [0.5, 0.6) is 11.5 Å². The molecule has 1 aromatic carbocycles. The number of aromatic nitrogens is 2. The molecule has 0 radical (unpaired) electrons. The zero-order chi connectivity index (χ0) is 19.8. The monoisotopic (exact) mass is 425 g/mol. The SMILES string of the molecule is O=C(Cn1cnc2scc(-c3cccs3)c2c1=O)Nc1ccc2c(c1)OCCO2. The van der Waals surface area contributed by atoms with E-state index in [1.54, 1.807) is 29.5 Å². The molecule has 0 bridgehead atoms. The summed E-state index contributed by atoms with van der Waals surface area (Å²) in [4.78, 5) is 31.6. The lowest BCUT2D eigenvalue weighted by atomic mass is 10.2. The van der Waals surface area contributed by atoms with E-state index in [4.69, 9.17) is 9.47 Å². The smallest absolute Gasteiger partial charge is 0.263 e. The van der Waals surface area contributed by atoms with E-state index in [1.807, 2.05) is 22.9 Å². The molecule has 1 amide bonds. The molecule has 0 atom stereocenters. The summed E-state index contributed by atoms with van der Waals surface area (Å²) >= 11 is 2.99. The Morgan fingerprint density at radius 2 is 2.03 bits per heavy atom. The first-order valence-electron chi connectivity index (χ1n) is 8.89. The maximum atomic E-state index is 13.0. The van der Waals surface area contributed by atoms with Crippen molar-refractivity contribution in [3.05, 3.63) is 57.8 Å². The fourth-order valence-electron chi connectivity index (χ4n) is 3.17. The summed E-state index contributed by atoms with van der Waals surface area (Å²) in [5.74, 6) is 0.921. The van der Waals surface area contributed by atoms with Crippen molar-refractivity contribution in [1.29, 1.82) is 0 Å². The molecular weight excluding hydrogens is 410 g/mol. The molecule has 0 aliphatic carbocycles. The molecule has 1 aliphatic heterocycles. The minimum absolute atomic E-state index is 0.129. The van der Waals surface area contributed by atoms with Gasteiger partial charge in [-0.2, -0.15) is 0 Å². The van der Waals surface area contributed by atoms with Crippen LogP contribution in [0.3, 0.4) is 0 Å². The Balaban J connectivity index is 1.40. The van der Waals surface area contributed by atoms with E-state index >= 15 is 0 Å². The van der Waals surface area contributed by atoms with Crippen LogP contribution in [0, 0.1) is 0 Å². The van der Waals surface area contributed by atoms with Crippen molar-refractivity contribution in [1.82, 2.24) is 9.55 Å². The molecule has 3 aromatic heterocycles. The Hall–Kier alpha value is -3.17. The Kier molecular flexibility index (Phi) is 4.53. The van der Waals surface area contributed by atoms with Crippen LogP contribution in [0.2, 0.25) is 0 Å². The van der Waals surface area contributed by atoms with Gasteiger partial charge in [0.25, 0.3) is 5.56 Å². The molecule has 0 fully saturated rings. The van der Waals surface area contributed by atoms with Gasteiger partial charge >= 0.3 is 0 Å². The first kappa shape index (κ1) is 17.9. The van der Waals surface area contributed by atoms with Gasteiger partial charge in [-0.25, -0.2) is 4.98 Å². The minimum atomic E-state index is -0.321. The van der Waals surface area contributed by atoms with Gasteiger partial charge < -0.3 is 14.8 Å². The number of rotatable bonds is 4. The Morgan fingerprint density at radius 1 is 1.17 bits per heavy atom. The van der Waals surface area contributed by atoms with Crippen LogP contribution in [0.4, 0.5) is 5.69 Å². The molecule has 146 valence electrons. The lowest BCUT2D eigenvalue weighted by molar-refractivity contribution is -0.116. The number of anilines is 1. The van der Waals surface area contributed by atoms with Crippen molar-refractivity contribution in [3.63, 3.8) is 0 Å². The van der Waals surface area contributed by atoms with Crippen LogP contribution in [0.15, 0.2) is 52.2 Å². The normalized spacial score (nSPS) is 12.8. The number of benzene rings is 1. The number of nitrogens with one attached hydrogen (secondary N) is 1. The van der Waals surface area contributed by atoms with Crippen molar-refractivity contribution >= 4 is 44.5 Å². The molecule has 0 spiro atoms. The van der Waals surface area contributed by atoms with Crippen LogP contribution < -0.4 is 20.3 Å². The highest BCUT2D eigenvalue weighted by Gasteiger charge is 2.16. The summed E-state index contributed by atoms with van der Waals surface area (Å²) in [6.07, 6.45) is 1.42. The van der Waals surface area contributed by atoms with Crippen LogP contribution in [0.25, 0.3) is 20.7 Å². The topological polar surface area (TPSA) is 82.5 Å².